The molecule has 0 aromatic carbocycles. The van der Waals surface area contributed by atoms with E-state index in [4.69, 9.17) is 46.4 Å². The van der Waals surface area contributed by atoms with Crippen molar-refractivity contribution < 1.29 is 0 Å². The van der Waals surface area contributed by atoms with Crippen LogP contribution in [0.1, 0.15) is 0 Å². The Morgan fingerprint density at radius 1 is 0.714 bits per heavy atom. The Hall–Kier alpha value is 1.46. The monoisotopic (exact) mass is 242 g/mol. The van der Waals surface area contributed by atoms with Crippen LogP contribution < -0.4 is 0 Å². The van der Waals surface area contributed by atoms with Crippen LogP contribution in [-0.4, -0.2) is 18.0 Å². The first-order valence-corrected chi connectivity index (χ1v) is 2.52. The summed E-state index contributed by atoms with van der Waals surface area (Å²) < 4.78 is -0.198. The SMILES string of the molecule is ClC(Cl)=C(Cl)Cl.[AsH3]. The van der Waals surface area contributed by atoms with E-state index in [-0.39, 0.29) is 26.9 Å². The molecule has 0 spiro atoms. The minimum atomic E-state index is -0.0988. The minimum absolute atomic E-state index is 0. The Bertz CT molecular complexity index is 59.8. The van der Waals surface area contributed by atoms with E-state index in [1.54, 1.807) is 0 Å². The molecular formula is C2H3AsCl4. The molecule has 0 aromatic heterocycles. The predicted molar refractivity (Wildman–Crippen MR) is 40.4 cm³/mol. The normalized spacial score (nSPS) is 6.86. The standard InChI is InChI=1S/C2Cl4.AsH3/c3-1(4)2(5)6;/h;1H3. The second-order valence-corrected chi connectivity index (χ2v) is 2.42. The molecule has 0 nitrogen and oxygen atoms in total. The third-order valence-corrected chi connectivity index (χ3v) is 1.29. The molecule has 5 heteroatoms. The molecule has 0 amide bonds. The summed E-state index contributed by atoms with van der Waals surface area (Å²) in [4.78, 5) is 0. The van der Waals surface area contributed by atoms with Crippen molar-refractivity contribution in [2.45, 2.75) is 0 Å². The summed E-state index contributed by atoms with van der Waals surface area (Å²) in [5.41, 5.74) is 0. The Morgan fingerprint density at radius 2 is 0.857 bits per heavy atom. The molecule has 0 radical (unpaired) electrons. The molecule has 1 atom stereocenters. The van der Waals surface area contributed by atoms with Crippen LogP contribution in [0.4, 0.5) is 0 Å². The molecule has 1 unspecified atom stereocenters. The maximum atomic E-state index is 4.99. The van der Waals surface area contributed by atoms with E-state index in [0.717, 1.165) is 0 Å². The van der Waals surface area contributed by atoms with Crippen molar-refractivity contribution in [3.63, 3.8) is 0 Å². The summed E-state index contributed by atoms with van der Waals surface area (Å²) >= 11 is 20.0. The summed E-state index contributed by atoms with van der Waals surface area (Å²) in [5, 5.41) is 0. The Labute approximate surface area is 73.1 Å². The zero-order chi connectivity index (χ0) is 5.15. The van der Waals surface area contributed by atoms with Gasteiger partial charge in [-0.25, -0.2) is 0 Å². The van der Waals surface area contributed by atoms with E-state index in [9.17, 15) is 0 Å². The van der Waals surface area contributed by atoms with Crippen LogP contribution >= 0.6 is 46.4 Å². The number of halogens is 4. The molecule has 0 aliphatic rings. The van der Waals surface area contributed by atoms with Crippen molar-refractivity contribution in [2.75, 3.05) is 0 Å². The van der Waals surface area contributed by atoms with Gasteiger partial charge in [-0.05, 0) is 0 Å². The van der Waals surface area contributed by atoms with Crippen molar-refractivity contribution >= 4 is 64.4 Å². The quantitative estimate of drug-likeness (QED) is 0.570. The van der Waals surface area contributed by atoms with E-state index < -0.39 is 0 Å². The molecule has 0 aliphatic carbocycles. The fraction of sp³-hybridized carbons (Fsp3) is 0. The van der Waals surface area contributed by atoms with Crippen LogP contribution in [0.5, 0.6) is 0 Å². The Morgan fingerprint density at radius 3 is 0.857 bits per heavy atom. The third-order valence-electron chi connectivity index (χ3n) is 0.143. The topological polar surface area (TPSA) is 0 Å². The fourth-order valence-electron chi connectivity index (χ4n) is 0. The van der Waals surface area contributed by atoms with Gasteiger partial charge in [-0.15, -0.1) is 0 Å². The third kappa shape index (κ3) is 7.46. The van der Waals surface area contributed by atoms with Crippen molar-refractivity contribution in [3.8, 4) is 0 Å². The van der Waals surface area contributed by atoms with Crippen molar-refractivity contribution in [1.82, 2.24) is 0 Å². The first-order valence-electron chi connectivity index (χ1n) is 1.01. The summed E-state index contributed by atoms with van der Waals surface area (Å²) in [7, 11) is 0. The summed E-state index contributed by atoms with van der Waals surface area (Å²) in [5.74, 6) is 0. The van der Waals surface area contributed by atoms with Gasteiger partial charge in [-0.1, -0.05) is 46.4 Å². The number of hydrogen-bond acceptors (Lipinski definition) is 0. The average Bonchev–Trinajstić information content (AvgIpc) is 1.36. The van der Waals surface area contributed by atoms with Gasteiger partial charge in [0.15, 0.2) is 0 Å². The van der Waals surface area contributed by atoms with Gasteiger partial charge in [0.2, 0.25) is 0 Å². The van der Waals surface area contributed by atoms with Crippen molar-refractivity contribution in [2.24, 2.45) is 0 Å². The van der Waals surface area contributed by atoms with Crippen LogP contribution in [0.25, 0.3) is 0 Å². The van der Waals surface area contributed by atoms with Crippen LogP contribution in [0.3, 0.4) is 0 Å². The molecule has 0 aliphatic heterocycles. The van der Waals surface area contributed by atoms with Crippen LogP contribution in [0.15, 0.2) is 8.98 Å². The first-order chi connectivity index (χ1) is 2.64. The molecule has 0 saturated heterocycles. The van der Waals surface area contributed by atoms with Gasteiger partial charge in [-0.3, -0.25) is 0 Å². The Balaban J connectivity index is 0. The summed E-state index contributed by atoms with van der Waals surface area (Å²) in [6.45, 7) is 0. The van der Waals surface area contributed by atoms with Gasteiger partial charge in [0.05, 0.1) is 0 Å². The first kappa shape index (κ1) is 11.3. The average molecular weight is 244 g/mol. The van der Waals surface area contributed by atoms with Gasteiger partial charge < -0.3 is 0 Å². The van der Waals surface area contributed by atoms with Crippen LogP contribution in [-0.2, 0) is 0 Å². The van der Waals surface area contributed by atoms with Gasteiger partial charge in [0, 0.05) is 0 Å². The van der Waals surface area contributed by atoms with E-state index in [1.807, 2.05) is 0 Å². The maximum absolute atomic E-state index is 4.99. The molecule has 0 saturated carbocycles. The van der Waals surface area contributed by atoms with E-state index in [2.05, 4.69) is 0 Å². The van der Waals surface area contributed by atoms with Crippen molar-refractivity contribution in [3.05, 3.63) is 8.98 Å². The molecule has 0 rings (SSSR count). The molecule has 0 heterocycles. The van der Waals surface area contributed by atoms with Crippen molar-refractivity contribution in [1.29, 1.82) is 0 Å². The predicted octanol–water partition coefficient (Wildman–Crippen LogP) is 1.88. The van der Waals surface area contributed by atoms with Crippen LogP contribution in [0.2, 0.25) is 0 Å². The van der Waals surface area contributed by atoms with E-state index in [0.29, 0.717) is 0 Å². The fourth-order valence-corrected chi connectivity index (χ4v) is 0. The molecule has 0 bridgehead atoms. The zero-order valence-electron chi connectivity index (χ0n) is 3.22. The Kier molecular flexibility index (Phi) is 9.01. The van der Waals surface area contributed by atoms with E-state index >= 15 is 0 Å². The van der Waals surface area contributed by atoms with Crippen LogP contribution in [0, 0.1) is 0 Å². The molecule has 0 fully saturated rings. The van der Waals surface area contributed by atoms with Gasteiger partial charge in [0.25, 0.3) is 0 Å². The van der Waals surface area contributed by atoms with Gasteiger partial charge >= 0.3 is 18.0 Å². The molecular weight excluding hydrogens is 241 g/mol. The van der Waals surface area contributed by atoms with Gasteiger partial charge in [-0.2, -0.15) is 0 Å². The zero-order valence-corrected chi connectivity index (χ0v) is 9.21. The molecule has 44 valence electrons. The second kappa shape index (κ2) is 5.59. The summed E-state index contributed by atoms with van der Waals surface area (Å²) in [6, 6.07) is 0. The second-order valence-electron chi connectivity index (χ2n) is 0.521. The number of rotatable bonds is 0. The number of hydrogen-bond donors (Lipinski definition) is 0. The molecule has 0 N–H and O–H groups in total. The van der Waals surface area contributed by atoms with Gasteiger partial charge in [0.1, 0.15) is 8.98 Å². The molecule has 7 heavy (non-hydrogen) atoms. The summed E-state index contributed by atoms with van der Waals surface area (Å²) in [6.07, 6.45) is 0. The van der Waals surface area contributed by atoms with E-state index in [1.165, 1.54) is 0 Å². The molecule has 0 aromatic rings.